The van der Waals surface area contributed by atoms with Gasteiger partial charge < -0.3 is 29.3 Å². The molecule has 38 heavy (non-hydrogen) atoms. The second-order valence-corrected chi connectivity index (χ2v) is 10.3. The van der Waals surface area contributed by atoms with Gasteiger partial charge in [-0.1, -0.05) is 12.1 Å². The molecule has 2 amide bonds. The summed E-state index contributed by atoms with van der Waals surface area (Å²) < 4.78 is 17.3. The van der Waals surface area contributed by atoms with Crippen LogP contribution in [-0.4, -0.2) is 69.3 Å². The molecular formula is C30H40N4O4. The van der Waals surface area contributed by atoms with Gasteiger partial charge in [0.2, 0.25) is 0 Å². The monoisotopic (exact) mass is 520 g/mol. The molecule has 1 saturated carbocycles. The van der Waals surface area contributed by atoms with E-state index < -0.39 is 0 Å². The maximum Gasteiger partial charge on any atom is 0.317 e. The van der Waals surface area contributed by atoms with Gasteiger partial charge >= 0.3 is 6.03 Å². The molecule has 2 fully saturated rings. The van der Waals surface area contributed by atoms with E-state index in [4.69, 9.17) is 14.2 Å². The Labute approximate surface area is 226 Å². The van der Waals surface area contributed by atoms with Crippen molar-refractivity contribution in [3.63, 3.8) is 0 Å². The highest BCUT2D eigenvalue weighted by atomic mass is 16.5. The summed E-state index contributed by atoms with van der Waals surface area (Å²) in [5.41, 5.74) is 1.68. The zero-order chi connectivity index (χ0) is 27.1. The van der Waals surface area contributed by atoms with Crippen molar-refractivity contribution in [2.75, 3.05) is 47.4 Å². The Morgan fingerprint density at radius 2 is 1.79 bits per heavy atom. The first-order chi connectivity index (χ1) is 18.4. The van der Waals surface area contributed by atoms with E-state index in [9.17, 15) is 10.1 Å². The molecule has 8 nitrogen and oxygen atoms in total. The third kappa shape index (κ3) is 6.51. The van der Waals surface area contributed by atoms with Crippen molar-refractivity contribution in [2.24, 2.45) is 11.8 Å². The number of fused-ring (bicyclic) bond motifs is 2. The minimum absolute atomic E-state index is 0.0421. The molecule has 1 aliphatic heterocycles. The normalized spacial score (nSPS) is 21.3. The summed E-state index contributed by atoms with van der Waals surface area (Å²) in [6.45, 7) is 5.75. The summed E-state index contributed by atoms with van der Waals surface area (Å²) in [5, 5.41) is 12.5. The first kappa shape index (κ1) is 27.6. The molecule has 204 valence electrons. The number of nitrogens with one attached hydrogen (secondary N) is 1. The van der Waals surface area contributed by atoms with E-state index in [1.54, 1.807) is 19.1 Å². The standard InChI is InChI=1S/C30H40N4O4/c1-5-33(2)30(35)32-29-23-12-13-24(29)20-34(19-23)16-6-7-26(22-10-8-21(18-31)9-11-22)38-25-14-15-27(36-3)28(17-25)37-4/h8-11,14-15,17,23-24,26,29H,5-7,12-13,16,19-20H2,1-4H3,(H,32,35). The van der Waals surface area contributed by atoms with Crippen molar-refractivity contribution >= 4 is 6.03 Å². The van der Waals surface area contributed by atoms with E-state index in [0.717, 1.165) is 38.0 Å². The van der Waals surface area contributed by atoms with Crippen LogP contribution < -0.4 is 19.5 Å². The lowest BCUT2D eigenvalue weighted by atomic mass is 9.92. The maximum absolute atomic E-state index is 12.4. The van der Waals surface area contributed by atoms with Crippen LogP contribution >= 0.6 is 0 Å². The van der Waals surface area contributed by atoms with E-state index in [2.05, 4.69) is 16.3 Å². The van der Waals surface area contributed by atoms with Crippen molar-refractivity contribution in [3.8, 4) is 23.3 Å². The van der Waals surface area contributed by atoms with Crippen LogP contribution in [0.1, 0.15) is 49.8 Å². The number of nitrogens with zero attached hydrogens (tertiary/aromatic N) is 3. The van der Waals surface area contributed by atoms with E-state index in [-0.39, 0.29) is 18.2 Å². The first-order valence-electron chi connectivity index (χ1n) is 13.6. The molecule has 0 aromatic heterocycles. The van der Waals surface area contributed by atoms with Gasteiger partial charge in [-0.2, -0.15) is 5.26 Å². The van der Waals surface area contributed by atoms with Gasteiger partial charge in [-0.15, -0.1) is 0 Å². The fraction of sp³-hybridized carbons (Fsp3) is 0.533. The number of benzene rings is 2. The smallest absolute Gasteiger partial charge is 0.317 e. The van der Waals surface area contributed by atoms with E-state index in [1.165, 1.54) is 12.8 Å². The van der Waals surface area contributed by atoms with Gasteiger partial charge in [0.25, 0.3) is 0 Å². The lowest BCUT2D eigenvalue weighted by Gasteiger charge is -2.39. The number of hydrogen-bond acceptors (Lipinski definition) is 6. The molecule has 2 bridgehead atoms. The number of hydrogen-bond donors (Lipinski definition) is 1. The number of ether oxygens (including phenoxy) is 3. The topological polar surface area (TPSA) is 87.1 Å². The zero-order valence-corrected chi connectivity index (χ0v) is 23.0. The lowest BCUT2D eigenvalue weighted by molar-refractivity contribution is 0.117. The van der Waals surface area contributed by atoms with E-state index >= 15 is 0 Å². The number of likely N-dealkylation sites (tertiary alicyclic amines) is 1. The van der Waals surface area contributed by atoms with Crippen LogP contribution in [0.5, 0.6) is 17.2 Å². The van der Waals surface area contributed by atoms with Gasteiger partial charge in [0.15, 0.2) is 11.5 Å². The molecule has 1 aliphatic carbocycles. The van der Waals surface area contributed by atoms with Gasteiger partial charge in [0.1, 0.15) is 11.9 Å². The largest absolute Gasteiger partial charge is 0.493 e. The Bertz CT molecular complexity index is 1100. The number of piperidine rings is 1. The molecule has 0 spiro atoms. The Morgan fingerprint density at radius 3 is 2.39 bits per heavy atom. The quantitative estimate of drug-likeness (QED) is 0.456. The van der Waals surface area contributed by atoms with Gasteiger partial charge in [0, 0.05) is 38.8 Å². The second kappa shape index (κ2) is 12.9. The van der Waals surface area contributed by atoms with Crippen LogP contribution in [0.3, 0.4) is 0 Å². The van der Waals surface area contributed by atoms with Crippen LogP contribution in [-0.2, 0) is 0 Å². The summed E-state index contributed by atoms with van der Waals surface area (Å²) >= 11 is 0. The molecule has 8 heteroatoms. The molecule has 0 radical (unpaired) electrons. The van der Waals surface area contributed by atoms with Crippen LogP contribution in [0.4, 0.5) is 4.79 Å². The van der Waals surface area contributed by atoms with E-state index in [0.29, 0.717) is 41.2 Å². The molecule has 1 N–H and O–H groups in total. The van der Waals surface area contributed by atoms with Crippen molar-refractivity contribution in [1.82, 2.24) is 15.1 Å². The zero-order valence-electron chi connectivity index (χ0n) is 23.0. The molecule has 2 aromatic carbocycles. The number of rotatable bonds is 11. The molecule has 1 heterocycles. The summed E-state index contributed by atoms with van der Waals surface area (Å²) in [4.78, 5) is 16.7. The van der Waals surface area contributed by atoms with Crippen LogP contribution in [0.25, 0.3) is 0 Å². The van der Waals surface area contributed by atoms with Crippen molar-refractivity contribution in [1.29, 1.82) is 5.26 Å². The molecule has 3 atom stereocenters. The van der Waals surface area contributed by atoms with Crippen molar-refractivity contribution < 1.29 is 19.0 Å². The molecule has 2 aromatic rings. The fourth-order valence-corrected chi connectivity index (χ4v) is 5.75. The Balaban J connectivity index is 1.38. The Morgan fingerprint density at radius 1 is 1.11 bits per heavy atom. The summed E-state index contributed by atoms with van der Waals surface area (Å²) in [6.07, 6.45) is 4.02. The van der Waals surface area contributed by atoms with Gasteiger partial charge in [0.05, 0.1) is 25.9 Å². The average molecular weight is 521 g/mol. The highest BCUT2D eigenvalue weighted by Crippen LogP contribution is 2.38. The molecule has 4 rings (SSSR count). The van der Waals surface area contributed by atoms with Crippen LogP contribution in [0.2, 0.25) is 0 Å². The SMILES string of the molecule is CCN(C)C(=O)NC1C2CCC1CN(CCCC(Oc1ccc(OC)c(OC)c1)c1ccc(C#N)cc1)C2. The van der Waals surface area contributed by atoms with Gasteiger partial charge in [-0.25, -0.2) is 4.79 Å². The van der Waals surface area contributed by atoms with Crippen LogP contribution in [0.15, 0.2) is 42.5 Å². The third-order valence-corrected chi connectivity index (χ3v) is 8.01. The minimum atomic E-state index is -0.154. The van der Waals surface area contributed by atoms with Gasteiger partial charge in [-0.05, 0) is 80.8 Å². The van der Waals surface area contributed by atoms with E-state index in [1.807, 2.05) is 56.4 Å². The second-order valence-electron chi connectivity index (χ2n) is 10.3. The molecular weight excluding hydrogens is 480 g/mol. The predicted molar refractivity (Wildman–Crippen MR) is 147 cm³/mol. The number of urea groups is 1. The van der Waals surface area contributed by atoms with Crippen molar-refractivity contribution in [2.45, 2.75) is 44.8 Å². The molecule has 3 unspecified atom stereocenters. The number of nitriles is 1. The summed E-state index contributed by atoms with van der Waals surface area (Å²) in [5.74, 6) is 3.02. The summed E-state index contributed by atoms with van der Waals surface area (Å²) in [7, 11) is 5.08. The number of carbonyl (C=O) groups is 1. The fourth-order valence-electron chi connectivity index (χ4n) is 5.75. The molecule has 2 aliphatic rings. The maximum atomic E-state index is 12.4. The van der Waals surface area contributed by atoms with Crippen LogP contribution in [0, 0.1) is 23.2 Å². The molecule has 1 saturated heterocycles. The van der Waals surface area contributed by atoms with Crippen molar-refractivity contribution in [3.05, 3.63) is 53.6 Å². The third-order valence-electron chi connectivity index (χ3n) is 8.01. The first-order valence-corrected chi connectivity index (χ1v) is 13.6. The number of methoxy groups -OCH3 is 2. The highest BCUT2D eigenvalue weighted by molar-refractivity contribution is 5.74. The highest BCUT2D eigenvalue weighted by Gasteiger charge is 2.42. The number of amides is 2. The Hall–Kier alpha value is -3.44. The van der Waals surface area contributed by atoms with Gasteiger partial charge in [-0.3, -0.25) is 0 Å². The number of carbonyl (C=O) groups excluding carboxylic acids is 1. The predicted octanol–water partition coefficient (Wildman–Crippen LogP) is 4.85. The summed E-state index contributed by atoms with van der Waals surface area (Å²) in [6, 6.07) is 15.7. The minimum Gasteiger partial charge on any atom is -0.493 e. The lowest BCUT2D eigenvalue weighted by Crippen LogP contribution is -2.54. The average Bonchev–Trinajstić information content (AvgIpc) is 3.17. The Kier molecular flexibility index (Phi) is 9.35.